The molecule has 4 heteroatoms. The van der Waals surface area contributed by atoms with Gasteiger partial charge in [0.2, 0.25) is 0 Å². The molecule has 3 atom stereocenters. The molecule has 2 heterocycles. The number of hydrogen-bond donors (Lipinski definition) is 1. The van der Waals surface area contributed by atoms with Crippen LogP contribution in [0.3, 0.4) is 0 Å². The van der Waals surface area contributed by atoms with Gasteiger partial charge in [-0.2, -0.15) is 0 Å². The number of nitrogens with one attached hydrogen (secondary N) is 1. The Kier molecular flexibility index (Phi) is 6.22. The van der Waals surface area contributed by atoms with Gasteiger partial charge in [0.1, 0.15) is 0 Å². The minimum Gasteiger partial charge on any atom is -0.413 e. The van der Waals surface area contributed by atoms with Crippen molar-refractivity contribution in [2.75, 3.05) is 19.6 Å². The molecule has 2 aliphatic heterocycles. The summed E-state index contributed by atoms with van der Waals surface area (Å²) in [4.78, 5) is 2.76. The average molecular weight is 423 g/mol. The van der Waals surface area contributed by atoms with Gasteiger partial charge in [0, 0.05) is 37.6 Å². The lowest BCUT2D eigenvalue weighted by Crippen LogP contribution is -2.56. The Morgan fingerprint density at radius 3 is 2.03 bits per heavy atom. The number of nitrogens with zero attached hydrogens (tertiary/aromatic N) is 1. The van der Waals surface area contributed by atoms with E-state index in [0.29, 0.717) is 24.1 Å². The van der Waals surface area contributed by atoms with Gasteiger partial charge in [-0.3, -0.25) is 4.90 Å². The summed E-state index contributed by atoms with van der Waals surface area (Å²) in [7, 11) is -1.76. The number of fused-ring (bicyclic) bond motifs is 1. The molecule has 0 spiro atoms. The monoisotopic (exact) mass is 422 g/mol. The Balaban J connectivity index is 1.60. The second-order valence-corrected chi connectivity index (χ2v) is 15.4. The molecule has 2 aliphatic rings. The normalized spacial score (nSPS) is 25.5. The van der Waals surface area contributed by atoms with Crippen LogP contribution in [0.4, 0.5) is 0 Å². The first-order valence-electron chi connectivity index (χ1n) is 11.5. The molecule has 162 valence electrons. The topological polar surface area (TPSA) is 24.5 Å². The molecular formula is C26H38N2OSi. The molecule has 0 amide bonds. The zero-order valence-corrected chi connectivity index (χ0v) is 20.3. The smallest absolute Gasteiger partial charge is 0.192 e. The van der Waals surface area contributed by atoms with Crippen molar-refractivity contribution in [2.45, 2.75) is 69.4 Å². The van der Waals surface area contributed by atoms with Crippen molar-refractivity contribution in [1.29, 1.82) is 0 Å². The maximum absolute atomic E-state index is 6.86. The zero-order valence-electron chi connectivity index (χ0n) is 19.3. The Morgan fingerprint density at radius 2 is 1.50 bits per heavy atom. The first-order chi connectivity index (χ1) is 14.3. The largest absolute Gasteiger partial charge is 0.413 e. The molecule has 4 rings (SSSR count). The van der Waals surface area contributed by atoms with Crippen LogP contribution in [0.2, 0.25) is 18.1 Å². The second kappa shape index (κ2) is 8.58. The summed E-state index contributed by atoms with van der Waals surface area (Å²) in [6.45, 7) is 14.9. The van der Waals surface area contributed by atoms with Crippen molar-refractivity contribution in [3.8, 4) is 0 Å². The minimum atomic E-state index is -1.76. The van der Waals surface area contributed by atoms with Crippen LogP contribution in [0.1, 0.15) is 44.2 Å². The van der Waals surface area contributed by atoms with Crippen molar-refractivity contribution < 1.29 is 4.43 Å². The van der Waals surface area contributed by atoms with Crippen LogP contribution in [0, 0.1) is 0 Å². The molecule has 1 N–H and O–H groups in total. The summed E-state index contributed by atoms with van der Waals surface area (Å²) in [5, 5.41) is 4.01. The van der Waals surface area contributed by atoms with Crippen LogP contribution in [-0.4, -0.2) is 51.0 Å². The number of rotatable bonds is 5. The van der Waals surface area contributed by atoms with Crippen LogP contribution in [0.15, 0.2) is 60.7 Å². The van der Waals surface area contributed by atoms with E-state index >= 15 is 0 Å². The lowest BCUT2D eigenvalue weighted by Gasteiger charge is -2.43. The predicted molar refractivity (Wildman–Crippen MR) is 129 cm³/mol. The predicted octanol–water partition coefficient (Wildman–Crippen LogP) is 5.26. The molecule has 2 saturated heterocycles. The molecular weight excluding hydrogens is 384 g/mol. The van der Waals surface area contributed by atoms with Gasteiger partial charge in [-0.25, -0.2) is 0 Å². The third-order valence-electron chi connectivity index (χ3n) is 7.55. The number of piperazine rings is 1. The Morgan fingerprint density at radius 1 is 0.933 bits per heavy atom. The van der Waals surface area contributed by atoms with Gasteiger partial charge in [0.15, 0.2) is 8.32 Å². The van der Waals surface area contributed by atoms with E-state index in [1.54, 1.807) is 0 Å². The van der Waals surface area contributed by atoms with Crippen LogP contribution in [-0.2, 0) is 4.43 Å². The van der Waals surface area contributed by atoms with Crippen molar-refractivity contribution in [1.82, 2.24) is 10.2 Å². The summed E-state index contributed by atoms with van der Waals surface area (Å²) < 4.78 is 6.86. The summed E-state index contributed by atoms with van der Waals surface area (Å²) in [5.74, 6) is 0.370. The summed E-state index contributed by atoms with van der Waals surface area (Å²) in [5.41, 5.74) is 2.81. The molecule has 30 heavy (non-hydrogen) atoms. The zero-order chi connectivity index (χ0) is 21.4. The van der Waals surface area contributed by atoms with E-state index < -0.39 is 8.32 Å². The standard InChI is InChI=1S/C26H38N2OSi/c1-26(2,3)30(4,5)29-23-16-22-17-27-18-24(28(22)19-23)25(20-12-8-6-9-13-20)21-14-10-7-11-15-21/h6-15,22-25,27H,16-19H2,1-5H3/t22-,23?,24?/m0/s1. The van der Waals surface area contributed by atoms with Gasteiger partial charge >= 0.3 is 0 Å². The second-order valence-electron chi connectivity index (χ2n) is 10.6. The van der Waals surface area contributed by atoms with E-state index in [2.05, 4.69) is 105 Å². The molecule has 0 aliphatic carbocycles. The molecule has 2 aromatic rings. The highest BCUT2D eigenvalue weighted by Gasteiger charge is 2.46. The molecule has 3 nitrogen and oxygen atoms in total. The first-order valence-corrected chi connectivity index (χ1v) is 14.4. The quantitative estimate of drug-likeness (QED) is 0.666. The van der Waals surface area contributed by atoms with Gasteiger partial charge in [0.05, 0.1) is 6.10 Å². The van der Waals surface area contributed by atoms with E-state index in [0.717, 1.165) is 26.1 Å². The molecule has 0 saturated carbocycles. The van der Waals surface area contributed by atoms with E-state index in [1.807, 2.05) is 0 Å². The van der Waals surface area contributed by atoms with E-state index in [9.17, 15) is 0 Å². The average Bonchev–Trinajstić information content (AvgIpc) is 3.11. The molecule has 0 bridgehead atoms. The lowest BCUT2D eigenvalue weighted by atomic mass is 9.83. The number of benzene rings is 2. The van der Waals surface area contributed by atoms with Gasteiger partial charge in [-0.15, -0.1) is 0 Å². The van der Waals surface area contributed by atoms with Gasteiger partial charge in [0.25, 0.3) is 0 Å². The first kappa shape index (κ1) is 21.8. The molecule has 0 aromatic heterocycles. The lowest BCUT2D eigenvalue weighted by molar-refractivity contribution is 0.114. The van der Waals surface area contributed by atoms with Crippen molar-refractivity contribution in [3.63, 3.8) is 0 Å². The highest BCUT2D eigenvalue weighted by atomic mass is 28.4. The van der Waals surface area contributed by atoms with Gasteiger partial charge in [-0.1, -0.05) is 81.4 Å². The minimum absolute atomic E-state index is 0.254. The fraction of sp³-hybridized carbons (Fsp3) is 0.538. The van der Waals surface area contributed by atoms with Crippen molar-refractivity contribution in [3.05, 3.63) is 71.8 Å². The molecule has 2 unspecified atom stereocenters. The van der Waals surface area contributed by atoms with Crippen LogP contribution in [0.25, 0.3) is 0 Å². The Bertz CT molecular complexity index is 778. The summed E-state index contributed by atoms with van der Waals surface area (Å²) in [6, 6.07) is 23.1. The Hall–Kier alpha value is -1.46. The fourth-order valence-corrected chi connectivity index (χ4v) is 6.32. The maximum Gasteiger partial charge on any atom is 0.192 e. The van der Waals surface area contributed by atoms with Crippen molar-refractivity contribution >= 4 is 8.32 Å². The molecule has 2 fully saturated rings. The summed E-state index contributed by atoms with van der Waals surface area (Å²) in [6.07, 6.45) is 1.50. The van der Waals surface area contributed by atoms with Crippen LogP contribution >= 0.6 is 0 Å². The fourth-order valence-electron chi connectivity index (χ4n) is 4.97. The maximum atomic E-state index is 6.86. The SMILES string of the molecule is CC(C)(C)[Si](C)(C)OC1C[C@H]2CNCC(C(c3ccccc3)c3ccccc3)N2C1. The van der Waals surface area contributed by atoms with Gasteiger partial charge in [-0.05, 0) is 35.7 Å². The third kappa shape index (κ3) is 4.42. The van der Waals surface area contributed by atoms with Crippen molar-refractivity contribution in [2.24, 2.45) is 0 Å². The van der Waals surface area contributed by atoms with Gasteiger partial charge < -0.3 is 9.74 Å². The summed E-state index contributed by atoms with van der Waals surface area (Å²) >= 11 is 0. The van der Waals surface area contributed by atoms with E-state index in [1.165, 1.54) is 11.1 Å². The molecule has 2 aromatic carbocycles. The van der Waals surface area contributed by atoms with Crippen LogP contribution in [0.5, 0.6) is 0 Å². The highest BCUT2D eigenvalue weighted by Crippen LogP contribution is 2.41. The van der Waals surface area contributed by atoms with E-state index in [4.69, 9.17) is 4.43 Å². The highest BCUT2D eigenvalue weighted by molar-refractivity contribution is 6.74. The number of hydrogen-bond acceptors (Lipinski definition) is 3. The molecule has 0 radical (unpaired) electrons. The third-order valence-corrected chi connectivity index (χ3v) is 12.1. The Labute approximate surface area is 184 Å². The van der Waals surface area contributed by atoms with Crippen LogP contribution < -0.4 is 5.32 Å². The van der Waals surface area contributed by atoms with E-state index in [-0.39, 0.29) is 5.04 Å².